The van der Waals surface area contributed by atoms with Crippen molar-refractivity contribution in [2.24, 2.45) is 5.73 Å². The number of thiazole rings is 1. The monoisotopic (exact) mass is 265 g/mol. The molecule has 0 bridgehead atoms. The van der Waals surface area contributed by atoms with Crippen LogP contribution in [-0.2, 0) is 13.1 Å². The Hall–Kier alpha value is -1.73. The fraction of sp³-hybridized carbons (Fsp3) is 0.364. The summed E-state index contributed by atoms with van der Waals surface area (Å²) in [5.41, 5.74) is 5.89. The number of carbonyl (C=O) groups is 1. The van der Waals surface area contributed by atoms with Gasteiger partial charge in [-0.05, 0) is 6.92 Å². The lowest BCUT2D eigenvalue weighted by Crippen LogP contribution is -2.35. The van der Waals surface area contributed by atoms with Crippen molar-refractivity contribution < 1.29 is 4.79 Å². The average molecular weight is 265 g/mol. The summed E-state index contributed by atoms with van der Waals surface area (Å²) >= 11 is 1.40. The van der Waals surface area contributed by atoms with E-state index in [9.17, 15) is 4.79 Å². The first-order chi connectivity index (χ1) is 8.69. The van der Waals surface area contributed by atoms with Gasteiger partial charge in [0.25, 0.3) is 5.91 Å². The number of hydrogen-bond acceptors (Lipinski definition) is 5. The standard InChI is InChI=1S/C11H15N5OS/c1-8(5-16-3-2-13-7-16)14-11(17)9-6-18-10(4-12)15-9/h2-3,6-8H,4-5,12H2,1H3,(H,14,17). The highest BCUT2D eigenvalue weighted by molar-refractivity contribution is 7.09. The molecule has 6 nitrogen and oxygen atoms in total. The van der Waals surface area contributed by atoms with Crippen LogP contribution in [0.5, 0.6) is 0 Å². The summed E-state index contributed by atoms with van der Waals surface area (Å²) in [4.78, 5) is 20.0. The zero-order valence-electron chi connectivity index (χ0n) is 10.0. The van der Waals surface area contributed by atoms with Crippen LogP contribution in [0.2, 0.25) is 0 Å². The van der Waals surface area contributed by atoms with Crippen LogP contribution in [0.4, 0.5) is 0 Å². The third-order valence-electron chi connectivity index (χ3n) is 2.38. The molecule has 7 heteroatoms. The molecule has 3 N–H and O–H groups in total. The number of hydrogen-bond donors (Lipinski definition) is 2. The quantitative estimate of drug-likeness (QED) is 0.829. The second-order valence-electron chi connectivity index (χ2n) is 3.96. The minimum Gasteiger partial charge on any atom is -0.346 e. The molecule has 0 fully saturated rings. The molecule has 0 aliphatic rings. The Morgan fingerprint density at radius 1 is 1.67 bits per heavy atom. The molecule has 0 saturated carbocycles. The van der Waals surface area contributed by atoms with E-state index in [1.165, 1.54) is 11.3 Å². The molecular weight excluding hydrogens is 250 g/mol. The summed E-state index contributed by atoms with van der Waals surface area (Å²) in [5.74, 6) is -0.168. The molecule has 2 aromatic rings. The van der Waals surface area contributed by atoms with Gasteiger partial charge in [0.15, 0.2) is 0 Å². The molecule has 2 heterocycles. The highest BCUT2D eigenvalue weighted by Crippen LogP contribution is 2.08. The van der Waals surface area contributed by atoms with Crippen molar-refractivity contribution in [2.75, 3.05) is 0 Å². The van der Waals surface area contributed by atoms with E-state index in [2.05, 4.69) is 15.3 Å². The van der Waals surface area contributed by atoms with Crippen molar-refractivity contribution in [3.8, 4) is 0 Å². The molecule has 0 aliphatic carbocycles. The molecule has 1 amide bonds. The van der Waals surface area contributed by atoms with E-state index in [0.29, 0.717) is 18.8 Å². The second-order valence-corrected chi connectivity index (χ2v) is 4.91. The maximum absolute atomic E-state index is 11.9. The normalized spacial score (nSPS) is 12.3. The number of aromatic nitrogens is 3. The molecule has 1 atom stereocenters. The fourth-order valence-electron chi connectivity index (χ4n) is 1.56. The van der Waals surface area contributed by atoms with Crippen LogP contribution in [0.3, 0.4) is 0 Å². The van der Waals surface area contributed by atoms with E-state index >= 15 is 0 Å². The Balaban J connectivity index is 1.90. The summed E-state index contributed by atoms with van der Waals surface area (Å²) in [6.07, 6.45) is 5.29. The van der Waals surface area contributed by atoms with E-state index in [1.54, 1.807) is 17.9 Å². The molecule has 96 valence electrons. The largest absolute Gasteiger partial charge is 0.346 e. The van der Waals surface area contributed by atoms with Gasteiger partial charge in [-0.25, -0.2) is 9.97 Å². The first-order valence-corrected chi connectivity index (χ1v) is 6.48. The van der Waals surface area contributed by atoms with Crippen molar-refractivity contribution >= 4 is 17.2 Å². The van der Waals surface area contributed by atoms with E-state index in [1.807, 2.05) is 17.7 Å². The Morgan fingerprint density at radius 3 is 3.11 bits per heavy atom. The zero-order chi connectivity index (χ0) is 13.0. The number of nitrogens with zero attached hydrogens (tertiary/aromatic N) is 3. The predicted molar refractivity (Wildman–Crippen MR) is 69.2 cm³/mol. The molecule has 0 aromatic carbocycles. The van der Waals surface area contributed by atoms with Gasteiger partial charge in [-0.3, -0.25) is 4.79 Å². The van der Waals surface area contributed by atoms with Gasteiger partial charge in [-0.1, -0.05) is 0 Å². The molecule has 2 rings (SSSR count). The number of amides is 1. The maximum atomic E-state index is 11.9. The minimum absolute atomic E-state index is 0.00901. The first kappa shape index (κ1) is 12.7. The summed E-state index contributed by atoms with van der Waals surface area (Å²) in [6, 6.07) is 0.00901. The zero-order valence-corrected chi connectivity index (χ0v) is 10.9. The number of nitrogens with one attached hydrogen (secondary N) is 1. The number of carbonyl (C=O) groups excluding carboxylic acids is 1. The van der Waals surface area contributed by atoms with E-state index in [0.717, 1.165) is 5.01 Å². The van der Waals surface area contributed by atoms with Gasteiger partial charge in [0.1, 0.15) is 10.7 Å². The fourth-order valence-corrected chi connectivity index (χ4v) is 2.22. The van der Waals surface area contributed by atoms with Gasteiger partial charge in [0.05, 0.1) is 6.33 Å². The number of nitrogens with two attached hydrogens (primary N) is 1. The van der Waals surface area contributed by atoms with Crippen LogP contribution in [0.1, 0.15) is 22.4 Å². The molecule has 0 saturated heterocycles. The Labute approximate surface area is 109 Å². The third-order valence-corrected chi connectivity index (χ3v) is 3.25. The first-order valence-electron chi connectivity index (χ1n) is 5.60. The smallest absolute Gasteiger partial charge is 0.271 e. The highest BCUT2D eigenvalue weighted by atomic mass is 32.1. The van der Waals surface area contributed by atoms with Crippen molar-refractivity contribution in [3.05, 3.63) is 34.8 Å². The highest BCUT2D eigenvalue weighted by Gasteiger charge is 2.13. The van der Waals surface area contributed by atoms with Crippen LogP contribution in [0, 0.1) is 0 Å². The predicted octanol–water partition coefficient (Wildman–Crippen LogP) is 0.617. The molecule has 0 radical (unpaired) electrons. The van der Waals surface area contributed by atoms with Crippen molar-refractivity contribution in [3.63, 3.8) is 0 Å². The van der Waals surface area contributed by atoms with Crippen molar-refractivity contribution in [2.45, 2.75) is 26.1 Å². The van der Waals surface area contributed by atoms with Gasteiger partial charge in [-0.15, -0.1) is 11.3 Å². The maximum Gasteiger partial charge on any atom is 0.271 e. The summed E-state index contributed by atoms with van der Waals surface area (Å²) in [6.45, 7) is 2.98. The van der Waals surface area contributed by atoms with Crippen molar-refractivity contribution in [1.29, 1.82) is 0 Å². The topological polar surface area (TPSA) is 85.8 Å². The van der Waals surface area contributed by atoms with E-state index < -0.39 is 0 Å². The Morgan fingerprint density at radius 2 is 2.50 bits per heavy atom. The molecular formula is C11H15N5OS. The second kappa shape index (κ2) is 5.74. The lowest BCUT2D eigenvalue weighted by molar-refractivity contribution is 0.0932. The van der Waals surface area contributed by atoms with Gasteiger partial charge >= 0.3 is 0 Å². The SMILES string of the molecule is CC(Cn1ccnc1)NC(=O)c1csc(CN)n1. The molecule has 0 aliphatic heterocycles. The third kappa shape index (κ3) is 3.14. The Kier molecular flexibility index (Phi) is 4.06. The summed E-state index contributed by atoms with van der Waals surface area (Å²) in [5, 5.41) is 5.38. The summed E-state index contributed by atoms with van der Waals surface area (Å²) in [7, 11) is 0. The van der Waals surface area contributed by atoms with Crippen LogP contribution < -0.4 is 11.1 Å². The van der Waals surface area contributed by atoms with Gasteiger partial charge in [0.2, 0.25) is 0 Å². The molecule has 18 heavy (non-hydrogen) atoms. The van der Waals surface area contributed by atoms with Crippen LogP contribution >= 0.6 is 11.3 Å². The van der Waals surface area contributed by atoms with Crippen molar-refractivity contribution in [1.82, 2.24) is 19.9 Å². The lowest BCUT2D eigenvalue weighted by atomic mass is 10.3. The molecule has 0 spiro atoms. The van der Waals surface area contributed by atoms with Crippen LogP contribution in [0.15, 0.2) is 24.1 Å². The number of imidazole rings is 1. The Bertz CT molecular complexity index is 507. The van der Waals surface area contributed by atoms with Gasteiger partial charge < -0.3 is 15.6 Å². The van der Waals surface area contributed by atoms with E-state index in [-0.39, 0.29) is 11.9 Å². The molecule has 2 aromatic heterocycles. The average Bonchev–Trinajstić information content (AvgIpc) is 2.98. The lowest BCUT2D eigenvalue weighted by Gasteiger charge is -2.13. The van der Waals surface area contributed by atoms with E-state index in [4.69, 9.17) is 5.73 Å². The van der Waals surface area contributed by atoms with Gasteiger partial charge in [0, 0.05) is 36.9 Å². The van der Waals surface area contributed by atoms with Gasteiger partial charge in [-0.2, -0.15) is 0 Å². The molecule has 1 unspecified atom stereocenters. The summed E-state index contributed by atoms with van der Waals surface area (Å²) < 4.78 is 1.91. The number of rotatable bonds is 5. The van der Waals surface area contributed by atoms with Crippen LogP contribution in [-0.4, -0.2) is 26.5 Å². The van der Waals surface area contributed by atoms with Crippen LogP contribution in [0.25, 0.3) is 0 Å². The minimum atomic E-state index is -0.168.